The molecule has 1 aromatic rings. The second-order valence-electron chi connectivity index (χ2n) is 0.970. The van der Waals surface area contributed by atoms with E-state index in [2.05, 4.69) is 20.4 Å². The van der Waals surface area contributed by atoms with Crippen LogP contribution in [0.15, 0.2) is 12.3 Å². The molecule has 0 aliphatic carbocycles. The summed E-state index contributed by atoms with van der Waals surface area (Å²) in [4.78, 5) is 0. The minimum Gasteiger partial charge on any atom is -0.288 e. The van der Waals surface area contributed by atoms with Gasteiger partial charge in [-0.3, -0.25) is 5.10 Å². The summed E-state index contributed by atoms with van der Waals surface area (Å²) >= 11 is 0. The fourth-order valence-corrected chi connectivity index (χ4v) is 0.395. The molecule has 0 spiro atoms. The molecular formula is C3H3N2Si. The zero-order valence-corrected chi connectivity index (χ0v) is 4.10. The van der Waals surface area contributed by atoms with Gasteiger partial charge >= 0.3 is 0 Å². The van der Waals surface area contributed by atoms with E-state index in [9.17, 15) is 0 Å². The van der Waals surface area contributed by atoms with Crippen molar-refractivity contribution in [3.05, 3.63) is 12.3 Å². The van der Waals surface area contributed by atoms with Crippen molar-refractivity contribution < 1.29 is 0 Å². The quantitative estimate of drug-likeness (QED) is 0.420. The van der Waals surface area contributed by atoms with E-state index in [1.807, 2.05) is 6.07 Å². The maximum Gasteiger partial charge on any atom is 0.0986 e. The van der Waals surface area contributed by atoms with Crippen LogP contribution in [-0.2, 0) is 0 Å². The summed E-state index contributed by atoms with van der Waals surface area (Å²) in [7, 11) is 3.21. The van der Waals surface area contributed by atoms with E-state index in [4.69, 9.17) is 0 Å². The van der Waals surface area contributed by atoms with Gasteiger partial charge in [0, 0.05) is 11.5 Å². The number of aromatic amines is 1. The second-order valence-corrected chi connectivity index (χ2v) is 1.51. The number of hydrogen-bond acceptors (Lipinski definition) is 1. The summed E-state index contributed by atoms with van der Waals surface area (Å²) in [5.74, 6) is 0. The Balaban J connectivity index is 3.05. The molecule has 29 valence electrons. The van der Waals surface area contributed by atoms with Gasteiger partial charge in [0.2, 0.25) is 0 Å². The minimum atomic E-state index is 0.912. The molecule has 0 aliphatic rings. The molecule has 0 atom stereocenters. The molecular weight excluding hydrogens is 92.1 g/mol. The molecule has 1 aromatic heterocycles. The number of nitrogens with zero attached hydrogens (tertiary/aromatic N) is 1. The third kappa shape index (κ3) is 0.489. The Morgan fingerprint density at radius 2 is 2.67 bits per heavy atom. The van der Waals surface area contributed by atoms with Crippen molar-refractivity contribution >= 4 is 15.6 Å². The molecule has 3 heteroatoms. The van der Waals surface area contributed by atoms with Crippen LogP contribution in [-0.4, -0.2) is 20.4 Å². The lowest BCUT2D eigenvalue weighted by Crippen LogP contribution is -2.00. The molecule has 1 heterocycles. The largest absolute Gasteiger partial charge is 0.288 e. The highest BCUT2D eigenvalue weighted by Crippen LogP contribution is 1.60. The standard InChI is InChI=1S/C3H3N2Si/c6-3-1-2-4-5-3/h1-2H,(H,4,5). The summed E-state index contributed by atoms with van der Waals surface area (Å²) in [6, 6.07) is 1.83. The second kappa shape index (κ2) is 1.26. The van der Waals surface area contributed by atoms with E-state index < -0.39 is 0 Å². The maximum absolute atomic E-state index is 3.65. The van der Waals surface area contributed by atoms with Crippen LogP contribution in [0.2, 0.25) is 0 Å². The molecule has 0 aliphatic heterocycles. The highest BCUT2D eigenvalue weighted by atomic mass is 28.1. The average molecular weight is 95.2 g/mol. The van der Waals surface area contributed by atoms with Gasteiger partial charge in [0.15, 0.2) is 0 Å². The Morgan fingerprint density at radius 3 is 2.83 bits per heavy atom. The first-order valence-corrected chi connectivity index (χ1v) is 2.10. The van der Waals surface area contributed by atoms with Crippen molar-refractivity contribution in [2.75, 3.05) is 0 Å². The van der Waals surface area contributed by atoms with E-state index in [0.29, 0.717) is 0 Å². The fourth-order valence-electron chi connectivity index (χ4n) is 0.256. The molecule has 0 bridgehead atoms. The molecule has 3 radical (unpaired) electrons. The van der Waals surface area contributed by atoms with Crippen LogP contribution in [0.5, 0.6) is 0 Å². The van der Waals surface area contributed by atoms with Crippen molar-refractivity contribution in [2.45, 2.75) is 0 Å². The van der Waals surface area contributed by atoms with Gasteiger partial charge in [-0.15, -0.1) is 0 Å². The maximum atomic E-state index is 3.65. The smallest absolute Gasteiger partial charge is 0.0986 e. The lowest BCUT2D eigenvalue weighted by atomic mass is 10.8. The summed E-state index contributed by atoms with van der Waals surface area (Å²) in [5, 5.41) is 7.22. The minimum absolute atomic E-state index is 0.912. The number of H-pyrrole nitrogens is 1. The van der Waals surface area contributed by atoms with E-state index in [1.54, 1.807) is 6.20 Å². The Labute approximate surface area is 39.0 Å². The summed E-state index contributed by atoms with van der Waals surface area (Å²) in [6.07, 6.45) is 1.68. The summed E-state index contributed by atoms with van der Waals surface area (Å²) < 4.78 is 0. The van der Waals surface area contributed by atoms with Crippen LogP contribution in [0.4, 0.5) is 0 Å². The number of aromatic nitrogens is 2. The van der Waals surface area contributed by atoms with Gasteiger partial charge in [0.25, 0.3) is 0 Å². The van der Waals surface area contributed by atoms with Gasteiger partial charge in [-0.05, 0) is 6.07 Å². The Bertz CT molecular complexity index is 112. The average Bonchev–Trinajstić information content (AvgIpc) is 1.86. The van der Waals surface area contributed by atoms with E-state index in [1.165, 1.54) is 0 Å². The predicted octanol–water partition coefficient (Wildman–Crippen LogP) is -0.797. The highest BCUT2D eigenvalue weighted by Gasteiger charge is 1.74. The van der Waals surface area contributed by atoms with E-state index in [-0.39, 0.29) is 0 Å². The van der Waals surface area contributed by atoms with Crippen LogP contribution in [0, 0.1) is 0 Å². The topological polar surface area (TPSA) is 28.7 Å². The highest BCUT2D eigenvalue weighted by molar-refractivity contribution is 6.30. The lowest BCUT2D eigenvalue weighted by molar-refractivity contribution is 1.11. The first-order chi connectivity index (χ1) is 2.89. The molecule has 0 saturated heterocycles. The van der Waals surface area contributed by atoms with Gasteiger partial charge in [-0.2, -0.15) is 5.10 Å². The van der Waals surface area contributed by atoms with Gasteiger partial charge < -0.3 is 0 Å². The molecule has 2 nitrogen and oxygen atoms in total. The van der Waals surface area contributed by atoms with Gasteiger partial charge in [0.05, 0.1) is 10.2 Å². The molecule has 0 unspecified atom stereocenters. The molecule has 6 heavy (non-hydrogen) atoms. The Hall–Kier alpha value is -0.573. The summed E-state index contributed by atoms with van der Waals surface area (Å²) in [6.45, 7) is 0. The van der Waals surface area contributed by atoms with Gasteiger partial charge in [-0.1, -0.05) is 0 Å². The van der Waals surface area contributed by atoms with Crippen molar-refractivity contribution in [3.63, 3.8) is 0 Å². The molecule has 0 fully saturated rings. The van der Waals surface area contributed by atoms with Crippen LogP contribution in [0.1, 0.15) is 0 Å². The van der Waals surface area contributed by atoms with Crippen molar-refractivity contribution in [3.8, 4) is 0 Å². The van der Waals surface area contributed by atoms with Crippen LogP contribution < -0.4 is 5.32 Å². The van der Waals surface area contributed by atoms with E-state index in [0.717, 1.165) is 5.32 Å². The molecule has 0 saturated carbocycles. The van der Waals surface area contributed by atoms with Crippen molar-refractivity contribution in [2.24, 2.45) is 0 Å². The number of nitrogens with one attached hydrogen (secondary N) is 1. The van der Waals surface area contributed by atoms with Gasteiger partial charge in [-0.25, -0.2) is 0 Å². The van der Waals surface area contributed by atoms with Crippen LogP contribution in [0.25, 0.3) is 0 Å². The molecule has 1 N–H and O–H groups in total. The fraction of sp³-hybridized carbons (Fsp3) is 0. The first kappa shape index (κ1) is 3.61. The van der Waals surface area contributed by atoms with Crippen LogP contribution >= 0.6 is 0 Å². The zero-order chi connectivity index (χ0) is 4.41. The zero-order valence-electron chi connectivity index (χ0n) is 3.10. The molecule has 0 aromatic carbocycles. The third-order valence-corrected chi connectivity index (χ3v) is 0.779. The molecule has 1 rings (SSSR count). The predicted molar refractivity (Wildman–Crippen MR) is 24.0 cm³/mol. The SMILES string of the molecule is [Si]c1ccn[nH]1. The number of hydrogen-bond donors (Lipinski definition) is 1. The van der Waals surface area contributed by atoms with Gasteiger partial charge in [0.1, 0.15) is 0 Å². The molecule has 0 amide bonds. The Kier molecular flexibility index (Phi) is 0.758. The monoisotopic (exact) mass is 95.0 g/mol. The van der Waals surface area contributed by atoms with Crippen LogP contribution in [0.3, 0.4) is 0 Å². The van der Waals surface area contributed by atoms with Crippen molar-refractivity contribution in [1.29, 1.82) is 0 Å². The third-order valence-electron chi connectivity index (χ3n) is 0.501. The number of rotatable bonds is 0. The Morgan fingerprint density at radius 1 is 1.83 bits per heavy atom. The van der Waals surface area contributed by atoms with E-state index >= 15 is 0 Å². The first-order valence-electron chi connectivity index (χ1n) is 1.60. The van der Waals surface area contributed by atoms with Crippen molar-refractivity contribution in [1.82, 2.24) is 10.2 Å². The summed E-state index contributed by atoms with van der Waals surface area (Å²) in [5.41, 5.74) is 0. The normalized spacial score (nSPS) is 8.83. The lowest BCUT2D eigenvalue weighted by Gasteiger charge is -1.67.